The van der Waals surface area contributed by atoms with E-state index >= 15 is 0 Å². The fourth-order valence-corrected chi connectivity index (χ4v) is 2.74. The molecule has 0 radical (unpaired) electrons. The predicted octanol–water partition coefficient (Wildman–Crippen LogP) is 3.43. The lowest BCUT2D eigenvalue weighted by molar-refractivity contribution is 0.617. The molecule has 1 aromatic rings. The molecule has 94 valence electrons. The molecular weight excluding hydrogens is 210 g/mol. The molecular formula is C14H23N3. The standard InChI is InChI=1S/C14H23N3/c1-4-9-17-13(15)12(10(2)3)16-14(17)11-7-5-6-8-11/h4,10-11H,1,5-9,15H2,2-3H3. The van der Waals surface area contributed by atoms with Gasteiger partial charge in [0, 0.05) is 12.5 Å². The predicted molar refractivity (Wildman–Crippen MR) is 72.1 cm³/mol. The molecule has 1 saturated carbocycles. The Labute approximate surface area is 104 Å². The van der Waals surface area contributed by atoms with Crippen molar-refractivity contribution in [3.8, 4) is 0 Å². The third-order valence-electron chi connectivity index (χ3n) is 3.64. The minimum atomic E-state index is 0.390. The van der Waals surface area contributed by atoms with Gasteiger partial charge >= 0.3 is 0 Å². The number of nitrogens with two attached hydrogens (primary N) is 1. The van der Waals surface area contributed by atoms with Crippen LogP contribution in [0.3, 0.4) is 0 Å². The van der Waals surface area contributed by atoms with E-state index in [4.69, 9.17) is 10.7 Å². The quantitative estimate of drug-likeness (QED) is 0.810. The van der Waals surface area contributed by atoms with E-state index in [1.165, 1.54) is 31.5 Å². The summed E-state index contributed by atoms with van der Waals surface area (Å²) in [5, 5.41) is 0. The van der Waals surface area contributed by atoms with E-state index in [2.05, 4.69) is 25.0 Å². The van der Waals surface area contributed by atoms with E-state index in [9.17, 15) is 0 Å². The number of nitrogens with zero attached hydrogens (tertiary/aromatic N) is 2. The van der Waals surface area contributed by atoms with Gasteiger partial charge in [0.05, 0.1) is 5.69 Å². The largest absolute Gasteiger partial charge is 0.384 e. The zero-order chi connectivity index (χ0) is 12.4. The second-order valence-electron chi connectivity index (χ2n) is 5.28. The first kappa shape index (κ1) is 12.2. The van der Waals surface area contributed by atoms with Crippen LogP contribution in [0.1, 0.15) is 62.9 Å². The Bertz CT molecular complexity index is 398. The van der Waals surface area contributed by atoms with Gasteiger partial charge in [-0.25, -0.2) is 4.98 Å². The topological polar surface area (TPSA) is 43.8 Å². The van der Waals surface area contributed by atoms with Crippen molar-refractivity contribution in [1.29, 1.82) is 0 Å². The molecule has 1 aliphatic rings. The molecule has 17 heavy (non-hydrogen) atoms. The summed E-state index contributed by atoms with van der Waals surface area (Å²) in [6, 6.07) is 0. The van der Waals surface area contributed by atoms with Crippen LogP contribution in [-0.2, 0) is 6.54 Å². The van der Waals surface area contributed by atoms with Crippen molar-refractivity contribution in [1.82, 2.24) is 9.55 Å². The van der Waals surface area contributed by atoms with E-state index in [0.717, 1.165) is 18.1 Å². The molecule has 0 spiro atoms. The number of imidazole rings is 1. The Hall–Kier alpha value is -1.25. The average molecular weight is 233 g/mol. The van der Waals surface area contributed by atoms with Crippen LogP contribution in [0.5, 0.6) is 0 Å². The highest BCUT2D eigenvalue weighted by atomic mass is 15.1. The van der Waals surface area contributed by atoms with Gasteiger partial charge in [-0.15, -0.1) is 6.58 Å². The summed E-state index contributed by atoms with van der Waals surface area (Å²) in [5.41, 5.74) is 7.26. The molecule has 0 bridgehead atoms. The maximum absolute atomic E-state index is 6.21. The Morgan fingerprint density at radius 2 is 2.12 bits per heavy atom. The van der Waals surface area contributed by atoms with Crippen molar-refractivity contribution in [2.75, 3.05) is 5.73 Å². The molecule has 3 nitrogen and oxygen atoms in total. The van der Waals surface area contributed by atoms with E-state index in [-0.39, 0.29) is 0 Å². The first-order valence-corrected chi connectivity index (χ1v) is 6.61. The summed E-state index contributed by atoms with van der Waals surface area (Å²) in [7, 11) is 0. The number of rotatable bonds is 4. The highest BCUT2D eigenvalue weighted by Crippen LogP contribution is 2.36. The number of hydrogen-bond acceptors (Lipinski definition) is 2. The second-order valence-corrected chi connectivity index (χ2v) is 5.28. The van der Waals surface area contributed by atoms with E-state index in [1.54, 1.807) is 0 Å². The number of anilines is 1. The molecule has 2 N–H and O–H groups in total. The minimum Gasteiger partial charge on any atom is -0.384 e. The molecule has 0 unspecified atom stereocenters. The van der Waals surface area contributed by atoms with Gasteiger partial charge in [-0.1, -0.05) is 32.8 Å². The maximum Gasteiger partial charge on any atom is 0.127 e. The normalized spacial score (nSPS) is 16.9. The first-order chi connectivity index (χ1) is 8.15. The molecule has 1 aliphatic carbocycles. The first-order valence-electron chi connectivity index (χ1n) is 6.61. The summed E-state index contributed by atoms with van der Waals surface area (Å²) in [4.78, 5) is 4.80. The summed E-state index contributed by atoms with van der Waals surface area (Å²) in [6.45, 7) is 8.89. The van der Waals surface area contributed by atoms with E-state index in [0.29, 0.717) is 11.8 Å². The van der Waals surface area contributed by atoms with Gasteiger partial charge in [-0.05, 0) is 18.8 Å². The SMILES string of the molecule is C=CCn1c(C2CCCC2)nc(C(C)C)c1N. The van der Waals surface area contributed by atoms with Gasteiger partial charge in [-0.3, -0.25) is 0 Å². The fraction of sp³-hybridized carbons (Fsp3) is 0.643. The Kier molecular flexibility index (Phi) is 3.55. The molecule has 0 saturated heterocycles. The van der Waals surface area contributed by atoms with Gasteiger partial charge in [0.15, 0.2) is 0 Å². The lowest BCUT2D eigenvalue weighted by Crippen LogP contribution is -2.08. The number of allylic oxidation sites excluding steroid dienone is 1. The lowest BCUT2D eigenvalue weighted by Gasteiger charge is -2.12. The van der Waals surface area contributed by atoms with E-state index in [1.807, 2.05) is 6.08 Å². The van der Waals surface area contributed by atoms with Crippen molar-refractivity contribution in [2.45, 2.75) is 57.9 Å². The summed E-state index contributed by atoms with van der Waals surface area (Å²) < 4.78 is 2.15. The van der Waals surface area contributed by atoms with Crippen molar-refractivity contribution in [3.63, 3.8) is 0 Å². The molecule has 0 atom stereocenters. The third kappa shape index (κ3) is 2.24. The van der Waals surface area contributed by atoms with Crippen molar-refractivity contribution in [3.05, 3.63) is 24.2 Å². The van der Waals surface area contributed by atoms with Crippen molar-refractivity contribution >= 4 is 5.82 Å². The Morgan fingerprint density at radius 1 is 1.47 bits per heavy atom. The van der Waals surface area contributed by atoms with Crippen LogP contribution in [0.4, 0.5) is 5.82 Å². The second kappa shape index (κ2) is 4.94. The zero-order valence-corrected chi connectivity index (χ0v) is 10.9. The molecule has 3 heteroatoms. The number of hydrogen-bond donors (Lipinski definition) is 1. The summed E-state index contributed by atoms with van der Waals surface area (Å²) in [5.74, 6) is 3.01. The Balaban J connectivity index is 2.40. The van der Waals surface area contributed by atoms with Crippen LogP contribution < -0.4 is 5.73 Å². The van der Waals surface area contributed by atoms with Crippen LogP contribution in [-0.4, -0.2) is 9.55 Å². The third-order valence-corrected chi connectivity index (χ3v) is 3.64. The van der Waals surface area contributed by atoms with Crippen LogP contribution in [0.15, 0.2) is 12.7 Å². The van der Waals surface area contributed by atoms with Gasteiger partial charge < -0.3 is 10.3 Å². The number of aromatic nitrogens is 2. The van der Waals surface area contributed by atoms with Crippen molar-refractivity contribution < 1.29 is 0 Å². The van der Waals surface area contributed by atoms with Gasteiger partial charge in [0.25, 0.3) is 0 Å². The minimum absolute atomic E-state index is 0.390. The smallest absolute Gasteiger partial charge is 0.127 e. The molecule has 0 amide bonds. The van der Waals surface area contributed by atoms with Crippen LogP contribution >= 0.6 is 0 Å². The summed E-state index contributed by atoms with van der Waals surface area (Å²) in [6.07, 6.45) is 7.06. The number of nitrogen functional groups attached to an aromatic ring is 1. The molecule has 0 aromatic carbocycles. The van der Waals surface area contributed by atoms with Gasteiger partial charge in [-0.2, -0.15) is 0 Å². The molecule has 1 fully saturated rings. The zero-order valence-electron chi connectivity index (χ0n) is 10.9. The lowest BCUT2D eigenvalue weighted by atomic mass is 10.1. The maximum atomic E-state index is 6.21. The van der Waals surface area contributed by atoms with Crippen molar-refractivity contribution in [2.24, 2.45) is 0 Å². The molecule has 2 rings (SSSR count). The molecule has 1 aromatic heterocycles. The highest BCUT2D eigenvalue weighted by molar-refractivity contribution is 5.41. The highest BCUT2D eigenvalue weighted by Gasteiger charge is 2.25. The molecule has 0 aliphatic heterocycles. The van der Waals surface area contributed by atoms with Crippen LogP contribution in [0.25, 0.3) is 0 Å². The van der Waals surface area contributed by atoms with Gasteiger partial charge in [0.2, 0.25) is 0 Å². The van der Waals surface area contributed by atoms with Gasteiger partial charge in [0.1, 0.15) is 11.6 Å². The van der Waals surface area contributed by atoms with Crippen LogP contribution in [0, 0.1) is 0 Å². The molecule has 1 heterocycles. The monoisotopic (exact) mass is 233 g/mol. The van der Waals surface area contributed by atoms with E-state index < -0.39 is 0 Å². The Morgan fingerprint density at radius 3 is 2.65 bits per heavy atom. The fourth-order valence-electron chi connectivity index (χ4n) is 2.74. The average Bonchev–Trinajstić information content (AvgIpc) is 2.88. The summed E-state index contributed by atoms with van der Waals surface area (Å²) >= 11 is 0. The van der Waals surface area contributed by atoms with Crippen LogP contribution in [0.2, 0.25) is 0 Å².